The minimum absolute atomic E-state index is 0. The summed E-state index contributed by atoms with van der Waals surface area (Å²) >= 11 is 0. The van der Waals surface area contributed by atoms with Crippen LogP contribution in [-0.2, 0) is 11.3 Å². The molecule has 1 saturated heterocycles. The quantitative estimate of drug-likeness (QED) is 0.415. The van der Waals surface area contributed by atoms with Gasteiger partial charge >= 0.3 is 0 Å². The van der Waals surface area contributed by atoms with Gasteiger partial charge in [-0.25, -0.2) is 4.99 Å². The van der Waals surface area contributed by atoms with Crippen molar-refractivity contribution in [2.45, 2.75) is 19.9 Å². The average molecular weight is 446 g/mol. The molecule has 1 aliphatic heterocycles. The summed E-state index contributed by atoms with van der Waals surface area (Å²) in [5, 5.41) is 3.38. The zero-order valence-electron chi connectivity index (χ0n) is 15.3. The van der Waals surface area contributed by atoms with E-state index in [2.05, 4.69) is 67.4 Å². The highest BCUT2D eigenvalue weighted by Gasteiger charge is 2.18. The van der Waals surface area contributed by atoms with Gasteiger partial charge in [0, 0.05) is 52.4 Å². The fourth-order valence-electron chi connectivity index (χ4n) is 2.74. The molecule has 2 rings (SSSR count). The first kappa shape index (κ1) is 21.0. The largest absolute Gasteiger partial charge is 0.381 e. The number of guanidine groups is 1. The molecule has 136 valence electrons. The van der Waals surface area contributed by atoms with Gasteiger partial charge in [0.1, 0.15) is 0 Å². The number of benzene rings is 1. The van der Waals surface area contributed by atoms with Gasteiger partial charge in [0.05, 0.1) is 13.2 Å². The molecule has 0 aromatic heterocycles. The van der Waals surface area contributed by atoms with E-state index in [0.717, 1.165) is 38.7 Å². The number of nitrogens with one attached hydrogen (secondary N) is 1. The number of hydrogen-bond acceptors (Lipinski definition) is 3. The second-order valence-electron chi connectivity index (χ2n) is 6.34. The molecule has 1 aromatic rings. The highest BCUT2D eigenvalue weighted by Crippen LogP contribution is 2.14. The van der Waals surface area contributed by atoms with Gasteiger partial charge in [-0.3, -0.25) is 0 Å². The third-order valence-electron chi connectivity index (χ3n) is 4.12. The van der Waals surface area contributed by atoms with Crippen LogP contribution < -0.4 is 10.2 Å². The summed E-state index contributed by atoms with van der Waals surface area (Å²) in [7, 11) is 6.21. The summed E-state index contributed by atoms with van der Waals surface area (Å²) in [6.07, 6.45) is 1.15. The predicted molar refractivity (Wildman–Crippen MR) is 113 cm³/mol. The monoisotopic (exact) mass is 446 g/mol. The third-order valence-corrected chi connectivity index (χ3v) is 4.12. The summed E-state index contributed by atoms with van der Waals surface area (Å²) < 4.78 is 5.47. The summed E-state index contributed by atoms with van der Waals surface area (Å²) in [4.78, 5) is 9.10. The van der Waals surface area contributed by atoms with Crippen LogP contribution in [0.5, 0.6) is 0 Å². The maximum atomic E-state index is 5.47. The van der Waals surface area contributed by atoms with Gasteiger partial charge in [-0.05, 0) is 31.0 Å². The van der Waals surface area contributed by atoms with Gasteiger partial charge < -0.3 is 19.9 Å². The van der Waals surface area contributed by atoms with Gasteiger partial charge in [-0.1, -0.05) is 12.1 Å². The SMILES string of the molecule is CCNC(=NCc1ccc(N(C)C)cc1)N(C)CC1CCOC1.I. The van der Waals surface area contributed by atoms with Gasteiger partial charge in [0.25, 0.3) is 0 Å². The number of halogens is 1. The van der Waals surface area contributed by atoms with E-state index in [0.29, 0.717) is 12.5 Å². The fraction of sp³-hybridized carbons (Fsp3) is 0.611. The van der Waals surface area contributed by atoms with E-state index in [9.17, 15) is 0 Å². The number of ether oxygens (including phenoxy) is 1. The minimum atomic E-state index is 0. The zero-order chi connectivity index (χ0) is 16.7. The molecule has 1 aliphatic rings. The van der Waals surface area contributed by atoms with Crippen LogP contribution >= 0.6 is 24.0 Å². The number of nitrogens with zero attached hydrogens (tertiary/aromatic N) is 3. The lowest BCUT2D eigenvalue weighted by Crippen LogP contribution is -2.41. The summed E-state index contributed by atoms with van der Waals surface area (Å²) in [5.41, 5.74) is 2.44. The van der Waals surface area contributed by atoms with E-state index in [1.54, 1.807) is 0 Å². The van der Waals surface area contributed by atoms with Crippen LogP contribution in [0.25, 0.3) is 0 Å². The number of hydrogen-bond donors (Lipinski definition) is 1. The molecule has 1 atom stereocenters. The molecular weight excluding hydrogens is 415 g/mol. The molecule has 6 heteroatoms. The van der Waals surface area contributed by atoms with E-state index < -0.39 is 0 Å². The molecule has 1 unspecified atom stereocenters. The molecular formula is C18H31IN4O. The fourth-order valence-corrected chi connectivity index (χ4v) is 2.74. The smallest absolute Gasteiger partial charge is 0.193 e. The second kappa shape index (κ2) is 10.8. The lowest BCUT2D eigenvalue weighted by molar-refractivity contribution is 0.181. The highest BCUT2D eigenvalue weighted by molar-refractivity contribution is 14.0. The van der Waals surface area contributed by atoms with Crippen molar-refractivity contribution >= 4 is 35.6 Å². The number of rotatable bonds is 6. The minimum Gasteiger partial charge on any atom is -0.381 e. The lowest BCUT2D eigenvalue weighted by Gasteiger charge is -2.24. The molecule has 0 amide bonds. The van der Waals surface area contributed by atoms with Crippen molar-refractivity contribution in [1.82, 2.24) is 10.2 Å². The van der Waals surface area contributed by atoms with Crippen molar-refractivity contribution < 1.29 is 4.74 Å². The van der Waals surface area contributed by atoms with Crippen molar-refractivity contribution in [3.8, 4) is 0 Å². The Morgan fingerprint density at radius 1 is 1.25 bits per heavy atom. The molecule has 1 aromatic carbocycles. The third kappa shape index (κ3) is 6.47. The molecule has 0 aliphatic carbocycles. The van der Waals surface area contributed by atoms with Gasteiger partial charge in [0.15, 0.2) is 5.96 Å². The molecule has 1 N–H and O–H groups in total. The Morgan fingerprint density at radius 2 is 1.96 bits per heavy atom. The topological polar surface area (TPSA) is 40.1 Å². The molecule has 0 saturated carbocycles. The molecule has 0 bridgehead atoms. The Balaban J connectivity index is 0.00000288. The molecule has 0 spiro atoms. The van der Waals surface area contributed by atoms with E-state index in [-0.39, 0.29) is 24.0 Å². The first-order chi connectivity index (χ1) is 11.1. The van der Waals surface area contributed by atoms with Crippen molar-refractivity contribution in [3.05, 3.63) is 29.8 Å². The van der Waals surface area contributed by atoms with Crippen LogP contribution in [0.4, 0.5) is 5.69 Å². The Hall–Kier alpha value is -1.02. The summed E-state index contributed by atoms with van der Waals surface area (Å²) in [6, 6.07) is 8.56. The second-order valence-corrected chi connectivity index (χ2v) is 6.34. The molecule has 24 heavy (non-hydrogen) atoms. The molecule has 5 nitrogen and oxygen atoms in total. The maximum Gasteiger partial charge on any atom is 0.193 e. The lowest BCUT2D eigenvalue weighted by atomic mass is 10.1. The zero-order valence-corrected chi connectivity index (χ0v) is 17.6. The van der Waals surface area contributed by atoms with Crippen molar-refractivity contribution in [1.29, 1.82) is 0 Å². The normalized spacial score (nSPS) is 17.3. The van der Waals surface area contributed by atoms with Crippen LogP contribution in [0.15, 0.2) is 29.3 Å². The van der Waals surface area contributed by atoms with Crippen LogP contribution in [0, 0.1) is 5.92 Å². The van der Waals surface area contributed by atoms with Gasteiger partial charge in [0.2, 0.25) is 0 Å². The van der Waals surface area contributed by atoms with Crippen LogP contribution in [0.3, 0.4) is 0 Å². The highest BCUT2D eigenvalue weighted by atomic mass is 127. The predicted octanol–water partition coefficient (Wildman–Crippen LogP) is 2.80. The molecule has 1 fully saturated rings. The van der Waals surface area contributed by atoms with Gasteiger partial charge in [-0.2, -0.15) is 0 Å². The standard InChI is InChI=1S/C18H30N4O.HI/c1-5-19-18(22(4)13-16-10-11-23-14-16)20-12-15-6-8-17(9-7-15)21(2)3;/h6-9,16H,5,10-14H2,1-4H3,(H,19,20);1H. The van der Waals surface area contributed by atoms with Crippen molar-refractivity contribution in [2.75, 3.05) is 52.3 Å². The first-order valence-electron chi connectivity index (χ1n) is 8.43. The van der Waals surface area contributed by atoms with Crippen molar-refractivity contribution in [3.63, 3.8) is 0 Å². The molecule has 0 radical (unpaired) electrons. The summed E-state index contributed by atoms with van der Waals surface area (Å²) in [6.45, 7) is 6.44. The Morgan fingerprint density at radius 3 is 2.50 bits per heavy atom. The van der Waals surface area contributed by atoms with Gasteiger partial charge in [-0.15, -0.1) is 24.0 Å². The Labute approximate surface area is 163 Å². The van der Waals surface area contributed by atoms with Crippen molar-refractivity contribution in [2.24, 2.45) is 10.9 Å². The van der Waals surface area contributed by atoms with Crippen LogP contribution in [0.2, 0.25) is 0 Å². The van der Waals surface area contributed by atoms with E-state index >= 15 is 0 Å². The Kier molecular flexibility index (Phi) is 9.43. The van der Waals surface area contributed by atoms with E-state index in [1.807, 2.05) is 0 Å². The molecule has 1 heterocycles. The van der Waals surface area contributed by atoms with Crippen LogP contribution in [0.1, 0.15) is 18.9 Å². The van der Waals surface area contributed by atoms with E-state index in [1.165, 1.54) is 11.3 Å². The average Bonchev–Trinajstić information content (AvgIpc) is 3.04. The first-order valence-corrected chi connectivity index (χ1v) is 8.43. The number of anilines is 1. The maximum absolute atomic E-state index is 5.47. The van der Waals surface area contributed by atoms with E-state index in [4.69, 9.17) is 9.73 Å². The Bertz CT molecular complexity index is 498. The van der Waals surface area contributed by atoms with Crippen LogP contribution in [-0.4, -0.2) is 58.3 Å². The number of aliphatic imine (C=N–C) groups is 1. The summed E-state index contributed by atoms with van der Waals surface area (Å²) in [5.74, 6) is 1.58.